The van der Waals surface area contributed by atoms with E-state index in [9.17, 15) is 17.2 Å². The summed E-state index contributed by atoms with van der Waals surface area (Å²) in [5.74, 6) is -2.65. The first kappa shape index (κ1) is 13.9. The molecule has 0 heterocycles. The second kappa shape index (κ2) is 4.97. The predicted molar refractivity (Wildman–Crippen MR) is 58.1 cm³/mol. The predicted octanol–water partition coefficient (Wildman–Crippen LogP) is 1.79. The van der Waals surface area contributed by atoms with E-state index < -0.39 is 38.4 Å². The summed E-state index contributed by atoms with van der Waals surface area (Å²) >= 11 is 0. The molecule has 0 bridgehead atoms. The van der Waals surface area contributed by atoms with Gasteiger partial charge in [-0.3, -0.25) is 0 Å². The third-order valence-corrected chi connectivity index (χ3v) is 3.09. The summed E-state index contributed by atoms with van der Waals surface area (Å²) < 4.78 is 53.9. The van der Waals surface area contributed by atoms with Gasteiger partial charge in [-0.05, 0) is 19.4 Å². The Balaban J connectivity index is 3.36. The molecule has 1 aromatic carbocycles. The van der Waals surface area contributed by atoms with Gasteiger partial charge in [-0.2, -0.15) is 0 Å². The second-order valence-electron chi connectivity index (χ2n) is 3.60. The monoisotopic (exact) mass is 265 g/mol. The Morgan fingerprint density at radius 3 is 2.47 bits per heavy atom. The van der Waals surface area contributed by atoms with E-state index in [4.69, 9.17) is 9.88 Å². The molecular formula is C10H13F2NO3S. The number of hydrogen-bond donors (Lipinski definition) is 1. The van der Waals surface area contributed by atoms with Crippen LogP contribution in [0, 0.1) is 11.6 Å². The van der Waals surface area contributed by atoms with Crippen LogP contribution in [0.1, 0.15) is 20.3 Å². The van der Waals surface area contributed by atoms with Gasteiger partial charge in [0.05, 0.1) is 6.10 Å². The summed E-state index contributed by atoms with van der Waals surface area (Å²) in [4.78, 5) is -0.685. The Labute approximate surface area is 98.4 Å². The molecule has 2 N–H and O–H groups in total. The summed E-state index contributed by atoms with van der Waals surface area (Å²) in [5, 5.41) is 4.87. The highest BCUT2D eigenvalue weighted by molar-refractivity contribution is 7.89. The standard InChI is InChI=1S/C10H13F2NO3S/c1-3-6(2)16-10-8(12)4-7(11)5-9(10)17(13,14)15/h4-6H,3H2,1-2H3,(H2,13,14,15). The van der Waals surface area contributed by atoms with E-state index >= 15 is 0 Å². The minimum absolute atomic E-state index is 0.407. The first-order chi connectivity index (χ1) is 7.75. The Bertz CT molecular complexity index is 517. The van der Waals surface area contributed by atoms with E-state index in [1.54, 1.807) is 13.8 Å². The van der Waals surface area contributed by atoms with Crippen molar-refractivity contribution in [1.82, 2.24) is 0 Å². The molecule has 0 spiro atoms. The number of primary sulfonamides is 1. The molecule has 1 unspecified atom stereocenters. The summed E-state index contributed by atoms with van der Waals surface area (Å²) in [6, 6.07) is 1.18. The van der Waals surface area contributed by atoms with Crippen molar-refractivity contribution in [2.75, 3.05) is 0 Å². The van der Waals surface area contributed by atoms with Crippen LogP contribution in [0.5, 0.6) is 5.75 Å². The summed E-state index contributed by atoms with van der Waals surface area (Å²) in [7, 11) is -4.24. The average molecular weight is 265 g/mol. The van der Waals surface area contributed by atoms with E-state index in [1.807, 2.05) is 0 Å². The van der Waals surface area contributed by atoms with Crippen LogP contribution in [0.25, 0.3) is 0 Å². The lowest BCUT2D eigenvalue weighted by molar-refractivity contribution is 0.201. The van der Waals surface area contributed by atoms with Crippen LogP contribution in [-0.4, -0.2) is 14.5 Å². The molecule has 17 heavy (non-hydrogen) atoms. The van der Waals surface area contributed by atoms with E-state index in [-0.39, 0.29) is 0 Å². The van der Waals surface area contributed by atoms with E-state index in [0.717, 1.165) is 0 Å². The van der Waals surface area contributed by atoms with Crippen molar-refractivity contribution in [3.63, 3.8) is 0 Å². The molecule has 0 saturated heterocycles. The smallest absolute Gasteiger partial charge is 0.241 e. The van der Waals surface area contributed by atoms with Gasteiger partial charge in [0.1, 0.15) is 10.7 Å². The highest BCUT2D eigenvalue weighted by Gasteiger charge is 2.22. The molecule has 0 aliphatic carbocycles. The maximum atomic E-state index is 13.5. The third-order valence-electron chi connectivity index (χ3n) is 2.17. The number of sulfonamides is 1. The second-order valence-corrected chi connectivity index (χ2v) is 5.13. The maximum Gasteiger partial charge on any atom is 0.241 e. The van der Waals surface area contributed by atoms with Crippen LogP contribution in [0.15, 0.2) is 17.0 Å². The SMILES string of the molecule is CCC(C)Oc1c(F)cc(F)cc1S(N)(=O)=O. The Morgan fingerprint density at radius 1 is 1.41 bits per heavy atom. The number of rotatable bonds is 4. The van der Waals surface area contributed by atoms with E-state index in [0.29, 0.717) is 18.6 Å². The Morgan fingerprint density at radius 2 is 2.00 bits per heavy atom. The number of nitrogens with two attached hydrogens (primary N) is 1. The molecule has 7 heteroatoms. The topological polar surface area (TPSA) is 69.4 Å². The molecule has 96 valence electrons. The molecule has 0 aromatic heterocycles. The van der Waals surface area contributed by atoms with Gasteiger partial charge in [0.25, 0.3) is 0 Å². The summed E-state index contributed by atoms with van der Waals surface area (Å²) in [6.07, 6.45) is 0.136. The largest absolute Gasteiger partial charge is 0.486 e. The zero-order chi connectivity index (χ0) is 13.2. The van der Waals surface area contributed by atoms with Crippen molar-refractivity contribution in [2.45, 2.75) is 31.3 Å². The zero-order valence-electron chi connectivity index (χ0n) is 9.41. The molecule has 0 aliphatic heterocycles. The minimum Gasteiger partial charge on any atom is -0.486 e. The van der Waals surface area contributed by atoms with Gasteiger partial charge in [0.15, 0.2) is 11.6 Å². The van der Waals surface area contributed by atoms with E-state index in [2.05, 4.69) is 0 Å². The molecule has 0 radical (unpaired) electrons. The van der Waals surface area contributed by atoms with Crippen LogP contribution in [0.3, 0.4) is 0 Å². The van der Waals surface area contributed by atoms with Gasteiger partial charge in [-0.25, -0.2) is 22.3 Å². The number of hydrogen-bond acceptors (Lipinski definition) is 3. The van der Waals surface area contributed by atoms with Crippen molar-refractivity contribution in [3.05, 3.63) is 23.8 Å². The van der Waals surface area contributed by atoms with E-state index in [1.165, 1.54) is 0 Å². The number of benzene rings is 1. The molecule has 1 rings (SSSR count). The molecule has 0 saturated carbocycles. The summed E-state index contributed by atoms with van der Waals surface area (Å²) in [6.45, 7) is 3.42. The molecule has 1 aromatic rings. The number of halogens is 2. The fraction of sp³-hybridized carbons (Fsp3) is 0.400. The fourth-order valence-corrected chi connectivity index (χ4v) is 1.83. The normalized spacial score (nSPS) is 13.5. The van der Waals surface area contributed by atoms with Crippen LogP contribution < -0.4 is 9.88 Å². The van der Waals surface area contributed by atoms with Gasteiger partial charge in [-0.15, -0.1) is 0 Å². The first-order valence-electron chi connectivity index (χ1n) is 4.94. The molecule has 0 amide bonds. The average Bonchev–Trinajstić information content (AvgIpc) is 2.19. The Hall–Kier alpha value is -1.21. The van der Waals surface area contributed by atoms with Gasteiger partial charge in [0.2, 0.25) is 10.0 Å². The van der Waals surface area contributed by atoms with Crippen LogP contribution in [0.2, 0.25) is 0 Å². The fourth-order valence-electron chi connectivity index (χ4n) is 1.15. The minimum atomic E-state index is -4.24. The van der Waals surface area contributed by atoms with Crippen LogP contribution in [-0.2, 0) is 10.0 Å². The molecule has 0 fully saturated rings. The van der Waals surface area contributed by atoms with Crippen molar-refractivity contribution < 1.29 is 21.9 Å². The van der Waals surface area contributed by atoms with Crippen molar-refractivity contribution >= 4 is 10.0 Å². The van der Waals surface area contributed by atoms with Crippen molar-refractivity contribution in [1.29, 1.82) is 0 Å². The van der Waals surface area contributed by atoms with Crippen molar-refractivity contribution in [2.24, 2.45) is 5.14 Å². The maximum absolute atomic E-state index is 13.5. The van der Waals surface area contributed by atoms with Crippen LogP contribution >= 0.6 is 0 Å². The molecule has 0 aliphatic rings. The lowest BCUT2D eigenvalue weighted by Gasteiger charge is -2.15. The lowest BCUT2D eigenvalue weighted by atomic mass is 10.3. The zero-order valence-corrected chi connectivity index (χ0v) is 10.2. The molecular weight excluding hydrogens is 252 g/mol. The first-order valence-corrected chi connectivity index (χ1v) is 6.48. The highest BCUT2D eigenvalue weighted by atomic mass is 32.2. The summed E-state index contributed by atoms with van der Waals surface area (Å²) in [5.41, 5.74) is 0. The lowest BCUT2D eigenvalue weighted by Crippen LogP contribution is -2.18. The van der Waals surface area contributed by atoms with Crippen LogP contribution in [0.4, 0.5) is 8.78 Å². The van der Waals surface area contributed by atoms with Crippen molar-refractivity contribution in [3.8, 4) is 5.75 Å². The quantitative estimate of drug-likeness (QED) is 0.902. The van der Waals surface area contributed by atoms with Gasteiger partial charge in [-0.1, -0.05) is 6.92 Å². The van der Waals surface area contributed by atoms with Gasteiger partial charge >= 0.3 is 0 Å². The number of ether oxygens (including phenoxy) is 1. The van der Waals surface area contributed by atoms with Gasteiger partial charge in [0, 0.05) is 6.07 Å². The molecule has 4 nitrogen and oxygen atoms in total. The molecule has 1 atom stereocenters. The van der Waals surface area contributed by atoms with Gasteiger partial charge < -0.3 is 4.74 Å². The Kier molecular flexibility index (Phi) is 4.05. The third kappa shape index (κ3) is 3.37. The highest BCUT2D eigenvalue weighted by Crippen LogP contribution is 2.28.